The van der Waals surface area contributed by atoms with Crippen molar-refractivity contribution in [3.63, 3.8) is 0 Å². The van der Waals surface area contributed by atoms with Gasteiger partial charge in [0.2, 0.25) is 0 Å². The molecule has 0 nitrogen and oxygen atoms in total. The molecule has 0 aromatic carbocycles. The van der Waals surface area contributed by atoms with E-state index in [1.165, 1.54) is 77.0 Å². The predicted octanol–water partition coefficient (Wildman–Crippen LogP) is 8.42. The Kier molecular flexibility index (Phi) is 5.59. The van der Waals surface area contributed by atoms with Crippen LogP contribution in [0.1, 0.15) is 112 Å². The van der Waals surface area contributed by atoms with Gasteiger partial charge in [-0.3, -0.25) is 0 Å². The van der Waals surface area contributed by atoms with Crippen molar-refractivity contribution in [2.45, 2.75) is 112 Å². The highest BCUT2D eigenvalue weighted by molar-refractivity contribution is 5.24. The number of allylic oxidation sites excluding steroid dienone is 2. The molecule has 0 amide bonds. The van der Waals surface area contributed by atoms with E-state index in [0.717, 1.165) is 35.5 Å². The zero-order valence-electron chi connectivity index (χ0n) is 19.0. The largest absolute Gasteiger partial charge is 0.0845 e. The summed E-state index contributed by atoms with van der Waals surface area (Å²) in [6.07, 6.45) is 20.5. The lowest BCUT2D eigenvalue weighted by molar-refractivity contribution is -0.0500. The molecular weight excluding hydrogens is 324 g/mol. The third kappa shape index (κ3) is 3.36. The predicted molar refractivity (Wildman–Crippen MR) is 118 cm³/mol. The molecule has 0 radical (unpaired) electrons. The summed E-state index contributed by atoms with van der Waals surface area (Å²) < 4.78 is 0. The minimum atomic E-state index is 0.573. The number of rotatable bonds is 5. The van der Waals surface area contributed by atoms with E-state index in [9.17, 15) is 0 Å². The summed E-state index contributed by atoms with van der Waals surface area (Å²) in [5.74, 6) is 5.84. The van der Waals surface area contributed by atoms with Crippen LogP contribution < -0.4 is 0 Å². The zero-order chi connectivity index (χ0) is 19.2. The summed E-state index contributed by atoms with van der Waals surface area (Å²) >= 11 is 0. The summed E-state index contributed by atoms with van der Waals surface area (Å²) in [6, 6.07) is 0. The third-order valence-corrected chi connectivity index (χ3v) is 10.2. The van der Waals surface area contributed by atoms with Crippen molar-refractivity contribution < 1.29 is 0 Å². The first-order chi connectivity index (χ1) is 12.9. The Morgan fingerprint density at radius 3 is 2.56 bits per heavy atom. The summed E-state index contributed by atoms with van der Waals surface area (Å²) in [5, 5.41) is 0. The summed E-state index contributed by atoms with van der Waals surface area (Å²) in [7, 11) is 0. The number of hydrogen-bond donors (Lipinski definition) is 0. The molecule has 0 N–H and O–H groups in total. The average Bonchev–Trinajstić information content (AvgIpc) is 2.98. The van der Waals surface area contributed by atoms with Crippen molar-refractivity contribution in [2.75, 3.05) is 0 Å². The van der Waals surface area contributed by atoms with Gasteiger partial charge in [-0.05, 0) is 97.7 Å². The van der Waals surface area contributed by atoms with E-state index in [4.69, 9.17) is 0 Å². The molecule has 0 spiro atoms. The van der Waals surface area contributed by atoms with Gasteiger partial charge in [-0.1, -0.05) is 72.0 Å². The van der Waals surface area contributed by atoms with Crippen LogP contribution in [0.15, 0.2) is 11.6 Å². The minimum Gasteiger partial charge on any atom is -0.0845 e. The van der Waals surface area contributed by atoms with Crippen molar-refractivity contribution in [1.29, 1.82) is 0 Å². The third-order valence-electron chi connectivity index (χ3n) is 10.2. The maximum atomic E-state index is 2.74. The smallest absolute Gasteiger partial charge is 0.00853 e. The highest BCUT2D eigenvalue weighted by Crippen LogP contribution is 2.67. The van der Waals surface area contributed by atoms with E-state index < -0.39 is 0 Å². The van der Waals surface area contributed by atoms with Crippen LogP contribution in [0.25, 0.3) is 0 Å². The van der Waals surface area contributed by atoms with Gasteiger partial charge < -0.3 is 0 Å². The topological polar surface area (TPSA) is 0 Å². The van der Waals surface area contributed by atoms with Crippen LogP contribution in [0.4, 0.5) is 0 Å². The van der Waals surface area contributed by atoms with E-state index in [1.54, 1.807) is 0 Å². The molecular formula is C27H46. The number of hydrogen-bond acceptors (Lipinski definition) is 0. The van der Waals surface area contributed by atoms with Gasteiger partial charge >= 0.3 is 0 Å². The lowest BCUT2D eigenvalue weighted by atomic mass is 9.47. The Labute approximate surface area is 170 Å². The molecule has 4 aliphatic carbocycles. The number of fused-ring (bicyclic) bond motifs is 5. The molecule has 0 heterocycles. The molecule has 3 fully saturated rings. The van der Waals surface area contributed by atoms with Crippen molar-refractivity contribution in [3.05, 3.63) is 11.6 Å². The Morgan fingerprint density at radius 2 is 1.78 bits per heavy atom. The second-order valence-corrected chi connectivity index (χ2v) is 12.0. The Hall–Kier alpha value is -0.260. The maximum absolute atomic E-state index is 2.74. The molecule has 4 aliphatic rings. The monoisotopic (exact) mass is 370 g/mol. The second kappa shape index (κ2) is 7.53. The molecule has 27 heavy (non-hydrogen) atoms. The van der Waals surface area contributed by atoms with Crippen LogP contribution in [0.5, 0.6) is 0 Å². The molecule has 4 rings (SSSR count). The van der Waals surface area contributed by atoms with Crippen molar-refractivity contribution >= 4 is 0 Å². The average molecular weight is 371 g/mol. The molecule has 0 aromatic rings. The van der Waals surface area contributed by atoms with Crippen LogP contribution in [0, 0.1) is 46.3 Å². The fourth-order valence-electron chi connectivity index (χ4n) is 8.72. The molecule has 0 heteroatoms. The highest BCUT2D eigenvalue weighted by atomic mass is 14.6. The Bertz CT molecular complexity index is 556. The van der Waals surface area contributed by atoms with E-state index in [1.807, 2.05) is 5.57 Å². The standard InChI is InChI=1S/C27H46/c1-19(2)9-8-10-20(3)23-14-15-24-22-13-12-21-11-6-7-17-26(21,4)25(22)16-18-27(23,24)5/h12,19-20,22-25H,6-11,13-18H2,1-5H3/t20?,22?,23?,24?,25?,26-,27+/m0/s1. The molecule has 3 saturated carbocycles. The van der Waals surface area contributed by atoms with Crippen molar-refractivity contribution in [2.24, 2.45) is 46.3 Å². The second-order valence-electron chi connectivity index (χ2n) is 12.0. The fraction of sp³-hybridized carbons (Fsp3) is 0.926. The molecule has 0 aliphatic heterocycles. The Balaban J connectivity index is 1.49. The van der Waals surface area contributed by atoms with Crippen molar-refractivity contribution in [1.82, 2.24) is 0 Å². The summed E-state index contributed by atoms with van der Waals surface area (Å²) in [4.78, 5) is 0. The normalized spacial score (nSPS) is 45.0. The van der Waals surface area contributed by atoms with Gasteiger partial charge in [-0.25, -0.2) is 0 Å². The molecule has 5 unspecified atom stereocenters. The van der Waals surface area contributed by atoms with E-state index >= 15 is 0 Å². The van der Waals surface area contributed by atoms with Gasteiger partial charge in [0.15, 0.2) is 0 Å². The maximum Gasteiger partial charge on any atom is -0.00853 e. The van der Waals surface area contributed by atoms with Gasteiger partial charge in [-0.2, -0.15) is 0 Å². The van der Waals surface area contributed by atoms with Crippen LogP contribution in [-0.4, -0.2) is 0 Å². The van der Waals surface area contributed by atoms with Crippen molar-refractivity contribution in [3.8, 4) is 0 Å². The summed E-state index contributed by atoms with van der Waals surface area (Å²) in [5.41, 5.74) is 3.09. The SMILES string of the molecule is CC(C)CCCC(C)C1CCC2C3CC=C4CCCC[C@]4(C)C3CC[C@]12C. The van der Waals surface area contributed by atoms with Gasteiger partial charge in [0.05, 0.1) is 0 Å². The fourth-order valence-corrected chi connectivity index (χ4v) is 8.72. The zero-order valence-corrected chi connectivity index (χ0v) is 19.0. The van der Waals surface area contributed by atoms with Gasteiger partial charge in [0, 0.05) is 0 Å². The highest BCUT2D eigenvalue weighted by Gasteiger charge is 2.58. The van der Waals surface area contributed by atoms with Crippen LogP contribution in [-0.2, 0) is 0 Å². The van der Waals surface area contributed by atoms with Crippen LogP contribution >= 0.6 is 0 Å². The molecule has 154 valence electrons. The first-order valence-corrected chi connectivity index (χ1v) is 12.6. The van der Waals surface area contributed by atoms with E-state index in [-0.39, 0.29) is 0 Å². The van der Waals surface area contributed by atoms with E-state index in [0.29, 0.717) is 10.8 Å². The first kappa shape index (κ1) is 20.0. The molecule has 0 aromatic heterocycles. The Morgan fingerprint density at radius 1 is 0.963 bits per heavy atom. The van der Waals surface area contributed by atoms with Gasteiger partial charge in [-0.15, -0.1) is 0 Å². The van der Waals surface area contributed by atoms with Gasteiger partial charge in [0.1, 0.15) is 0 Å². The quantitative estimate of drug-likeness (QED) is 0.426. The lowest BCUT2D eigenvalue weighted by Gasteiger charge is -2.58. The first-order valence-electron chi connectivity index (χ1n) is 12.6. The summed E-state index contributed by atoms with van der Waals surface area (Å²) in [6.45, 7) is 12.8. The minimum absolute atomic E-state index is 0.573. The molecule has 0 saturated heterocycles. The molecule has 0 bridgehead atoms. The van der Waals surface area contributed by atoms with Crippen LogP contribution in [0.2, 0.25) is 0 Å². The molecule has 7 atom stereocenters. The lowest BCUT2D eigenvalue weighted by Crippen LogP contribution is -2.50. The van der Waals surface area contributed by atoms with Crippen LogP contribution in [0.3, 0.4) is 0 Å². The van der Waals surface area contributed by atoms with E-state index in [2.05, 4.69) is 40.7 Å². The van der Waals surface area contributed by atoms with Gasteiger partial charge in [0.25, 0.3) is 0 Å².